The molecule has 0 amide bonds. The van der Waals surface area contributed by atoms with Gasteiger partial charge in [0.15, 0.2) is 5.90 Å². The third kappa shape index (κ3) is 8.35. The number of aliphatic imine (C=N–C) groups is 1. The fourth-order valence-corrected chi connectivity index (χ4v) is 8.29. The molecule has 5 nitrogen and oxygen atoms in total. The summed E-state index contributed by atoms with van der Waals surface area (Å²) in [4.78, 5) is 4.65. The van der Waals surface area contributed by atoms with Crippen LogP contribution in [0.2, 0.25) is 0 Å². The van der Waals surface area contributed by atoms with Crippen molar-refractivity contribution in [1.29, 1.82) is 0 Å². The highest BCUT2D eigenvalue weighted by atomic mass is 31.2. The summed E-state index contributed by atoms with van der Waals surface area (Å²) in [5.74, 6) is -0.0985. The number of aryl methyl sites for hydroxylation is 2. The van der Waals surface area contributed by atoms with Gasteiger partial charge < -0.3 is 14.0 Å². The molecule has 0 saturated heterocycles. The van der Waals surface area contributed by atoms with Crippen LogP contribution in [-0.4, -0.2) is 41.6 Å². The molecule has 1 aliphatic heterocycles. The maximum Gasteiger partial charge on any atom is 0.419 e. The zero-order valence-corrected chi connectivity index (χ0v) is 25.9. The smallest absolute Gasteiger partial charge is 0.419 e. The van der Waals surface area contributed by atoms with Crippen molar-refractivity contribution < 1.29 is 36.1 Å². The molecule has 228 valence electrons. The van der Waals surface area contributed by atoms with Crippen molar-refractivity contribution in [3.05, 3.63) is 65.0 Å². The van der Waals surface area contributed by atoms with Crippen molar-refractivity contribution in [2.75, 3.05) is 19.8 Å². The van der Waals surface area contributed by atoms with E-state index in [2.05, 4.69) is 4.99 Å². The minimum atomic E-state index is -4.60. The lowest BCUT2D eigenvalue weighted by Crippen LogP contribution is -2.38. The number of rotatable bonds is 11. The Morgan fingerprint density at radius 2 is 1.56 bits per heavy atom. The second kappa shape index (κ2) is 12.5. The first-order chi connectivity index (χ1) is 18.9. The van der Waals surface area contributed by atoms with Crippen molar-refractivity contribution in [2.45, 2.75) is 96.2 Å². The molecule has 0 bridgehead atoms. The van der Waals surface area contributed by atoms with Gasteiger partial charge in [-0.3, -0.25) is 4.57 Å². The number of alkyl halides is 3. The van der Waals surface area contributed by atoms with Gasteiger partial charge in [0.25, 0.3) is 0 Å². The second-order valence-electron chi connectivity index (χ2n) is 12.7. The molecule has 0 radical (unpaired) electrons. The number of hydrogen-bond acceptors (Lipinski definition) is 5. The Balaban J connectivity index is 1.72. The molecule has 1 atom stereocenters. The first kappa shape index (κ1) is 33.1. The van der Waals surface area contributed by atoms with Crippen molar-refractivity contribution >= 4 is 13.3 Å². The molecule has 0 aromatic heterocycles. The fraction of sp³-hybridized carbons (Fsp3) is 0.581. The van der Waals surface area contributed by atoms with Gasteiger partial charge in [-0.1, -0.05) is 59.7 Å². The second-order valence-corrected chi connectivity index (χ2v) is 16.8. The SMILES string of the molecule is CC1=NC(CCc2ccc(OCCCc3ccc(F)cc3)c(C(F)(F)F)c2)(COP(=O)(C(C)(C)C)C(C)(C)C)CO1. The molecule has 2 aromatic carbocycles. The van der Waals surface area contributed by atoms with Crippen LogP contribution >= 0.6 is 7.37 Å². The molecule has 2 aromatic rings. The van der Waals surface area contributed by atoms with E-state index in [1.54, 1.807) is 25.1 Å². The van der Waals surface area contributed by atoms with Crippen molar-refractivity contribution in [3.8, 4) is 5.75 Å². The van der Waals surface area contributed by atoms with E-state index in [1.165, 1.54) is 18.2 Å². The molecule has 41 heavy (non-hydrogen) atoms. The highest BCUT2D eigenvalue weighted by Gasteiger charge is 2.50. The number of ether oxygens (including phenoxy) is 2. The van der Waals surface area contributed by atoms with E-state index < -0.39 is 35.0 Å². The minimum Gasteiger partial charge on any atom is -0.493 e. The van der Waals surface area contributed by atoms with Crippen LogP contribution in [0.3, 0.4) is 0 Å². The lowest BCUT2D eigenvalue weighted by molar-refractivity contribution is -0.139. The predicted molar refractivity (Wildman–Crippen MR) is 155 cm³/mol. The summed E-state index contributed by atoms with van der Waals surface area (Å²) in [5, 5.41) is -1.22. The molecule has 1 heterocycles. The quantitative estimate of drug-likeness (QED) is 0.147. The number of hydrogen-bond donors (Lipinski definition) is 0. The van der Waals surface area contributed by atoms with Crippen molar-refractivity contribution in [2.24, 2.45) is 4.99 Å². The van der Waals surface area contributed by atoms with Crippen LogP contribution in [-0.2, 0) is 32.8 Å². The monoisotopic (exact) mass is 599 g/mol. The lowest BCUT2D eigenvalue weighted by atomic mass is 9.93. The van der Waals surface area contributed by atoms with Gasteiger partial charge in [-0.05, 0) is 61.1 Å². The molecule has 10 heteroatoms. The highest BCUT2D eigenvalue weighted by molar-refractivity contribution is 7.62. The van der Waals surface area contributed by atoms with E-state index in [4.69, 9.17) is 14.0 Å². The number of halogens is 4. The first-order valence-electron chi connectivity index (χ1n) is 13.9. The summed E-state index contributed by atoms with van der Waals surface area (Å²) in [6.45, 7) is 13.4. The van der Waals surface area contributed by atoms with E-state index >= 15 is 0 Å². The predicted octanol–water partition coefficient (Wildman–Crippen LogP) is 8.87. The van der Waals surface area contributed by atoms with E-state index in [1.807, 2.05) is 41.5 Å². The zero-order valence-electron chi connectivity index (χ0n) is 25.0. The van der Waals surface area contributed by atoms with Crippen LogP contribution in [0.15, 0.2) is 47.5 Å². The van der Waals surface area contributed by atoms with Crippen LogP contribution < -0.4 is 4.74 Å². The van der Waals surface area contributed by atoms with Crippen LogP contribution in [0.25, 0.3) is 0 Å². The Labute approximate surface area is 241 Å². The minimum absolute atomic E-state index is 0.0392. The molecule has 0 saturated carbocycles. The van der Waals surface area contributed by atoms with E-state index in [-0.39, 0.29) is 37.8 Å². The Morgan fingerprint density at radius 3 is 2.10 bits per heavy atom. The first-order valence-corrected chi connectivity index (χ1v) is 15.5. The van der Waals surface area contributed by atoms with E-state index in [9.17, 15) is 22.1 Å². The molecule has 1 aliphatic rings. The van der Waals surface area contributed by atoms with Gasteiger partial charge in [-0.15, -0.1) is 0 Å². The number of benzene rings is 2. The van der Waals surface area contributed by atoms with Gasteiger partial charge in [0, 0.05) is 17.2 Å². The topological polar surface area (TPSA) is 57.1 Å². The lowest BCUT2D eigenvalue weighted by Gasteiger charge is -2.41. The third-order valence-electron chi connectivity index (χ3n) is 7.23. The Hall–Kier alpha value is -2.38. The van der Waals surface area contributed by atoms with Crippen LogP contribution in [0.4, 0.5) is 17.6 Å². The molecule has 0 fully saturated rings. The summed E-state index contributed by atoms with van der Waals surface area (Å²) in [6, 6.07) is 10.1. The van der Waals surface area contributed by atoms with Gasteiger partial charge in [0.2, 0.25) is 7.37 Å². The Kier molecular flexibility index (Phi) is 10.1. The maximum atomic E-state index is 14.0. The van der Waals surface area contributed by atoms with Gasteiger partial charge in [-0.25, -0.2) is 9.38 Å². The Bertz CT molecular complexity index is 1240. The summed E-state index contributed by atoms with van der Waals surface area (Å²) in [7, 11) is -3.18. The molecule has 0 N–H and O–H groups in total. The van der Waals surface area contributed by atoms with Crippen LogP contribution in [0.1, 0.15) is 78.0 Å². The van der Waals surface area contributed by atoms with Crippen molar-refractivity contribution in [3.63, 3.8) is 0 Å². The molecule has 0 spiro atoms. The molecular formula is C31H42F4NO4P. The summed E-state index contributed by atoms with van der Waals surface area (Å²) < 4.78 is 86.4. The average Bonchev–Trinajstić information content (AvgIpc) is 3.24. The standard InChI is InChI=1S/C31H42F4NO4P/c1-22-36-30(20-39-22,21-40-41(37,28(2,3)4)29(5,6)7)17-16-24-12-15-27(26(19-24)31(33,34)35)38-18-8-9-23-10-13-25(32)14-11-23/h10-15,19H,8-9,16-18,20-21H2,1-7H3. The molecular weight excluding hydrogens is 557 g/mol. The molecule has 3 rings (SSSR count). The molecule has 0 aliphatic carbocycles. The van der Waals surface area contributed by atoms with Gasteiger partial charge in [0.1, 0.15) is 23.7 Å². The summed E-state index contributed by atoms with van der Waals surface area (Å²) in [6.07, 6.45) is -2.91. The highest BCUT2D eigenvalue weighted by Crippen LogP contribution is 2.67. The molecule has 1 unspecified atom stereocenters. The maximum absolute atomic E-state index is 14.0. The average molecular weight is 600 g/mol. The summed E-state index contributed by atoms with van der Waals surface area (Å²) >= 11 is 0. The normalized spacial score (nSPS) is 18.3. The van der Waals surface area contributed by atoms with Crippen LogP contribution in [0.5, 0.6) is 5.75 Å². The van der Waals surface area contributed by atoms with Crippen LogP contribution in [0, 0.1) is 5.82 Å². The van der Waals surface area contributed by atoms with Gasteiger partial charge in [0.05, 0.1) is 18.8 Å². The zero-order chi connectivity index (χ0) is 30.7. The number of nitrogens with zero attached hydrogens (tertiary/aromatic N) is 1. The largest absolute Gasteiger partial charge is 0.493 e. The van der Waals surface area contributed by atoms with Gasteiger partial charge >= 0.3 is 6.18 Å². The summed E-state index contributed by atoms with van der Waals surface area (Å²) in [5.41, 5.74) is -0.335. The van der Waals surface area contributed by atoms with E-state index in [0.29, 0.717) is 30.7 Å². The Morgan fingerprint density at radius 1 is 0.951 bits per heavy atom. The third-order valence-corrected chi connectivity index (χ3v) is 11.3. The fourth-order valence-electron chi connectivity index (χ4n) is 5.08. The van der Waals surface area contributed by atoms with E-state index in [0.717, 1.165) is 11.6 Å². The van der Waals surface area contributed by atoms with Crippen molar-refractivity contribution in [1.82, 2.24) is 0 Å². The van der Waals surface area contributed by atoms with Gasteiger partial charge in [-0.2, -0.15) is 13.2 Å².